The Morgan fingerprint density at radius 2 is 1.77 bits per heavy atom. The Morgan fingerprint density at radius 3 is 2.42 bits per heavy atom. The molecule has 1 N–H and O–H groups in total. The van der Waals surface area contributed by atoms with E-state index in [1.807, 2.05) is 6.92 Å². The van der Waals surface area contributed by atoms with Crippen molar-refractivity contribution >= 4 is 28.7 Å². The van der Waals surface area contributed by atoms with Crippen LogP contribution in [0.3, 0.4) is 0 Å². The second-order valence-electron chi connectivity index (χ2n) is 5.55. The van der Waals surface area contributed by atoms with E-state index < -0.39 is 11.7 Å². The maximum Gasteiger partial charge on any atom is 0.419 e. The van der Waals surface area contributed by atoms with Crippen LogP contribution in [-0.4, -0.2) is 23.1 Å². The standard InChI is InChI=1S/C19H18N2O5/c1-3-21-15-11-13(7-10-16(15)26-19(21)24)17(22)20-14-8-5-12(6-9-14)18(23)25-4-2/h5-11H,3-4H2,1-2H3,(H,20,22). The van der Waals surface area contributed by atoms with Gasteiger partial charge in [0, 0.05) is 17.8 Å². The molecule has 1 heterocycles. The minimum absolute atomic E-state index is 0.302. The summed E-state index contributed by atoms with van der Waals surface area (Å²) in [5, 5.41) is 2.76. The predicted octanol–water partition coefficient (Wildman–Crippen LogP) is 3.04. The third-order valence-corrected chi connectivity index (χ3v) is 3.90. The van der Waals surface area contributed by atoms with E-state index in [9.17, 15) is 14.4 Å². The number of nitrogens with zero attached hydrogens (tertiary/aromatic N) is 1. The first kappa shape index (κ1) is 17.5. The van der Waals surface area contributed by atoms with E-state index in [0.29, 0.717) is 41.1 Å². The molecule has 134 valence electrons. The van der Waals surface area contributed by atoms with Crippen LogP contribution in [0.2, 0.25) is 0 Å². The van der Waals surface area contributed by atoms with Crippen LogP contribution in [-0.2, 0) is 11.3 Å². The van der Waals surface area contributed by atoms with Crippen molar-refractivity contribution in [3.05, 3.63) is 64.1 Å². The number of carbonyl (C=O) groups is 2. The van der Waals surface area contributed by atoms with E-state index in [4.69, 9.17) is 9.15 Å². The Balaban J connectivity index is 1.80. The second-order valence-corrected chi connectivity index (χ2v) is 5.55. The maximum absolute atomic E-state index is 12.5. The number of esters is 1. The lowest BCUT2D eigenvalue weighted by molar-refractivity contribution is 0.0526. The average molecular weight is 354 g/mol. The van der Waals surface area contributed by atoms with Crippen LogP contribution in [0, 0.1) is 0 Å². The van der Waals surface area contributed by atoms with E-state index in [-0.39, 0.29) is 5.91 Å². The molecule has 3 aromatic rings. The lowest BCUT2D eigenvalue weighted by Crippen LogP contribution is -2.14. The summed E-state index contributed by atoms with van der Waals surface area (Å²) in [6.07, 6.45) is 0. The molecule has 7 nitrogen and oxygen atoms in total. The number of benzene rings is 2. The van der Waals surface area contributed by atoms with Crippen molar-refractivity contribution in [2.75, 3.05) is 11.9 Å². The molecule has 0 radical (unpaired) electrons. The van der Waals surface area contributed by atoms with Gasteiger partial charge in [0.25, 0.3) is 5.91 Å². The van der Waals surface area contributed by atoms with Gasteiger partial charge in [0.15, 0.2) is 5.58 Å². The number of amides is 1. The third kappa shape index (κ3) is 3.37. The Bertz CT molecular complexity index is 1010. The van der Waals surface area contributed by atoms with E-state index in [0.717, 1.165) is 0 Å². The van der Waals surface area contributed by atoms with Crippen molar-refractivity contribution in [2.45, 2.75) is 20.4 Å². The minimum Gasteiger partial charge on any atom is -0.462 e. The van der Waals surface area contributed by atoms with Gasteiger partial charge in [0.1, 0.15) is 0 Å². The molecule has 7 heteroatoms. The van der Waals surface area contributed by atoms with Gasteiger partial charge in [-0.2, -0.15) is 0 Å². The molecule has 0 unspecified atom stereocenters. The molecule has 1 amide bonds. The van der Waals surface area contributed by atoms with Gasteiger partial charge in [0.05, 0.1) is 17.7 Å². The molecule has 0 saturated heterocycles. The summed E-state index contributed by atoms with van der Waals surface area (Å²) < 4.78 is 11.5. The SMILES string of the molecule is CCOC(=O)c1ccc(NC(=O)c2ccc3oc(=O)n(CC)c3c2)cc1. The lowest BCUT2D eigenvalue weighted by atomic mass is 10.1. The number of fused-ring (bicyclic) bond motifs is 1. The highest BCUT2D eigenvalue weighted by molar-refractivity contribution is 6.06. The first-order chi connectivity index (χ1) is 12.5. The van der Waals surface area contributed by atoms with Crippen LogP contribution in [0.1, 0.15) is 34.6 Å². The molecule has 26 heavy (non-hydrogen) atoms. The van der Waals surface area contributed by atoms with Gasteiger partial charge in [-0.15, -0.1) is 0 Å². The number of carbonyl (C=O) groups excluding carboxylic acids is 2. The van der Waals surface area contributed by atoms with Gasteiger partial charge in [-0.1, -0.05) is 0 Å². The summed E-state index contributed by atoms with van der Waals surface area (Å²) in [7, 11) is 0. The zero-order chi connectivity index (χ0) is 18.7. The topological polar surface area (TPSA) is 90.5 Å². The first-order valence-corrected chi connectivity index (χ1v) is 8.25. The van der Waals surface area contributed by atoms with Crippen LogP contribution in [0.25, 0.3) is 11.1 Å². The monoisotopic (exact) mass is 354 g/mol. The highest BCUT2D eigenvalue weighted by Crippen LogP contribution is 2.17. The van der Waals surface area contributed by atoms with Crippen LogP contribution >= 0.6 is 0 Å². The number of ether oxygens (including phenoxy) is 1. The zero-order valence-corrected chi connectivity index (χ0v) is 14.4. The van der Waals surface area contributed by atoms with Crippen molar-refractivity contribution in [1.82, 2.24) is 4.57 Å². The number of hydrogen-bond donors (Lipinski definition) is 1. The molecule has 0 bridgehead atoms. The average Bonchev–Trinajstić information content (AvgIpc) is 2.96. The summed E-state index contributed by atoms with van der Waals surface area (Å²) in [5.74, 6) is -1.19. The number of anilines is 1. The second kappa shape index (κ2) is 7.26. The molecule has 0 aliphatic carbocycles. The summed E-state index contributed by atoms with van der Waals surface area (Å²) in [6.45, 7) is 4.32. The van der Waals surface area contributed by atoms with E-state index in [1.54, 1.807) is 49.4 Å². The van der Waals surface area contributed by atoms with E-state index >= 15 is 0 Å². The number of aromatic nitrogens is 1. The molecule has 0 fully saturated rings. The molecule has 0 aliphatic heterocycles. The van der Waals surface area contributed by atoms with Crippen LogP contribution in [0.4, 0.5) is 5.69 Å². The molecule has 0 saturated carbocycles. The van der Waals surface area contributed by atoms with Gasteiger partial charge in [0.2, 0.25) is 0 Å². The molecule has 0 spiro atoms. The Kier molecular flexibility index (Phi) is 4.88. The van der Waals surface area contributed by atoms with Gasteiger partial charge >= 0.3 is 11.7 Å². The van der Waals surface area contributed by atoms with Gasteiger partial charge in [-0.25, -0.2) is 9.59 Å². The Labute approximate surface area is 149 Å². The molecular formula is C19H18N2O5. The highest BCUT2D eigenvalue weighted by Gasteiger charge is 2.13. The van der Waals surface area contributed by atoms with E-state index in [2.05, 4.69) is 5.32 Å². The van der Waals surface area contributed by atoms with Crippen molar-refractivity contribution in [3.8, 4) is 0 Å². The molecule has 2 aromatic carbocycles. The van der Waals surface area contributed by atoms with Gasteiger partial charge in [-0.3, -0.25) is 9.36 Å². The van der Waals surface area contributed by atoms with Crippen molar-refractivity contribution in [1.29, 1.82) is 0 Å². The Morgan fingerprint density at radius 1 is 1.08 bits per heavy atom. The largest absolute Gasteiger partial charge is 0.462 e. The normalized spacial score (nSPS) is 10.7. The van der Waals surface area contributed by atoms with Crippen molar-refractivity contribution < 1.29 is 18.7 Å². The number of rotatable bonds is 5. The Hall–Kier alpha value is -3.35. The summed E-state index contributed by atoms with van der Waals surface area (Å²) in [5.41, 5.74) is 2.37. The highest BCUT2D eigenvalue weighted by atomic mass is 16.5. The van der Waals surface area contributed by atoms with Gasteiger partial charge in [-0.05, 0) is 56.3 Å². The first-order valence-electron chi connectivity index (χ1n) is 8.25. The zero-order valence-electron chi connectivity index (χ0n) is 14.4. The molecule has 3 rings (SSSR count). The predicted molar refractivity (Wildman–Crippen MR) is 96.5 cm³/mol. The molecular weight excluding hydrogens is 336 g/mol. The fourth-order valence-electron chi connectivity index (χ4n) is 2.61. The molecule has 0 atom stereocenters. The summed E-state index contributed by atoms with van der Waals surface area (Å²) >= 11 is 0. The quantitative estimate of drug-likeness (QED) is 0.711. The molecule has 1 aromatic heterocycles. The number of oxazole rings is 1. The number of hydrogen-bond acceptors (Lipinski definition) is 5. The minimum atomic E-state index is -0.449. The summed E-state index contributed by atoms with van der Waals surface area (Å²) in [6, 6.07) is 11.2. The third-order valence-electron chi connectivity index (χ3n) is 3.90. The maximum atomic E-state index is 12.5. The van der Waals surface area contributed by atoms with Crippen molar-refractivity contribution in [3.63, 3.8) is 0 Å². The molecule has 0 aliphatic rings. The number of aryl methyl sites for hydroxylation is 1. The van der Waals surface area contributed by atoms with Gasteiger partial charge < -0.3 is 14.5 Å². The lowest BCUT2D eigenvalue weighted by Gasteiger charge is -2.07. The fraction of sp³-hybridized carbons (Fsp3) is 0.211. The number of nitrogens with one attached hydrogen (secondary N) is 1. The smallest absolute Gasteiger partial charge is 0.419 e. The van der Waals surface area contributed by atoms with Crippen molar-refractivity contribution in [2.24, 2.45) is 0 Å². The van der Waals surface area contributed by atoms with Crippen LogP contribution in [0.15, 0.2) is 51.7 Å². The van der Waals surface area contributed by atoms with Crippen LogP contribution in [0.5, 0.6) is 0 Å². The summed E-state index contributed by atoms with van der Waals surface area (Å²) in [4.78, 5) is 35.8. The van der Waals surface area contributed by atoms with Crippen LogP contribution < -0.4 is 11.1 Å². The van der Waals surface area contributed by atoms with E-state index in [1.165, 1.54) is 4.57 Å². The fourth-order valence-corrected chi connectivity index (χ4v) is 2.61.